The van der Waals surface area contributed by atoms with Crippen LogP contribution in [0, 0.1) is 5.92 Å². The maximum absolute atomic E-state index is 13.1. The summed E-state index contributed by atoms with van der Waals surface area (Å²) in [6, 6.07) is 11.0. The minimum absolute atomic E-state index is 0.178. The lowest BCUT2D eigenvalue weighted by molar-refractivity contribution is -0.138. The summed E-state index contributed by atoms with van der Waals surface area (Å²) in [4.78, 5) is 20.2. The predicted octanol–water partition coefficient (Wildman–Crippen LogP) is 2.84. The fourth-order valence-electron chi connectivity index (χ4n) is 4.31. The molecule has 0 radical (unpaired) electrons. The Hall–Kier alpha value is -1.39. The normalized spacial score (nSPS) is 23.5. The van der Waals surface area contributed by atoms with Crippen molar-refractivity contribution in [2.24, 2.45) is 5.92 Å². The van der Waals surface area contributed by atoms with Crippen molar-refractivity contribution in [3.8, 4) is 0 Å². The highest BCUT2D eigenvalue weighted by molar-refractivity contribution is 5.79. The van der Waals surface area contributed by atoms with Crippen LogP contribution in [0.15, 0.2) is 30.3 Å². The van der Waals surface area contributed by atoms with E-state index in [2.05, 4.69) is 48.0 Å². The van der Waals surface area contributed by atoms with Crippen LogP contribution in [0.5, 0.6) is 0 Å². The van der Waals surface area contributed by atoms with Crippen molar-refractivity contribution >= 4 is 5.91 Å². The smallest absolute Gasteiger partial charge is 0.227 e. The first-order valence-corrected chi connectivity index (χ1v) is 9.92. The van der Waals surface area contributed by atoms with Crippen LogP contribution in [0.1, 0.15) is 38.2 Å². The topological polar surface area (TPSA) is 26.8 Å². The van der Waals surface area contributed by atoms with Gasteiger partial charge in [0.05, 0.1) is 5.92 Å². The van der Waals surface area contributed by atoms with Crippen molar-refractivity contribution < 1.29 is 4.79 Å². The average molecular weight is 344 g/mol. The van der Waals surface area contributed by atoms with Crippen molar-refractivity contribution in [2.75, 3.05) is 39.8 Å². The maximum atomic E-state index is 13.1. The Balaban J connectivity index is 1.58. The first kappa shape index (κ1) is 18.4. The molecule has 0 aliphatic carbocycles. The lowest BCUT2D eigenvalue weighted by atomic mass is 9.92. The number of likely N-dealkylation sites (tertiary alicyclic amines) is 2. The number of carbonyl (C=O) groups is 1. The van der Waals surface area contributed by atoms with Gasteiger partial charge in [-0.05, 0) is 64.9 Å². The van der Waals surface area contributed by atoms with Crippen LogP contribution < -0.4 is 0 Å². The molecule has 0 spiro atoms. The molecule has 2 heterocycles. The third kappa shape index (κ3) is 4.83. The van der Waals surface area contributed by atoms with E-state index >= 15 is 0 Å². The number of nitrogens with zero attached hydrogens (tertiary/aromatic N) is 3. The molecule has 1 amide bonds. The summed E-state index contributed by atoms with van der Waals surface area (Å²) >= 11 is 0. The third-order valence-corrected chi connectivity index (χ3v) is 5.92. The van der Waals surface area contributed by atoms with E-state index in [9.17, 15) is 4.79 Å². The molecule has 2 aliphatic heterocycles. The molecule has 2 aliphatic rings. The van der Waals surface area contributed by atoms with Crippen LogP contribution >= 0.6 is 0 Å². The number of amides is 1. The van der Waals surface area contributed by atoms with E-state index in [0.717, 1.165) is 32.5 Å². The van der Waals surface area contributed by atoms with Gasteiger partial charge in [-0.25, -0.2) is 0 Å². The highest BCUT2D eigenvalue weighted by atomic mass is 16.2. The summed E-state index contributed by atoms with van der Waals surface area (Å²) in [7, 11) is 2.21. The molecule has 0 N–H and O–H groups in total. The summed E-state index contributed by atoms with van der Waals surface area (Å²) in [5.41, 5.74) is 1.22. The Morgan fingerprint density at radius 3 is 2.52 bits per heavy atom. The van der Waals surface area contributed by atoms with Crippen LogP contribution in [0.25, 0.3) is 0 Å². The molecule has 4 nitrogen and oxygen atoms in total. The van der Waals surface area contributed by atoms with Gasteiger partial charge in [0.1, 0.15) is 0 Å². The maximum Gasteiger partial charge on any atom is 0.227 e. The van der Waals surface area contributed by atoms with E-state index in [-0.39, 0.29) is 5.92 Å². The summed E-state index contributed by atoms with van der Waals surface area (Å²) < 4.78 is 0. The molecule has 0 aromatic heterocycles. The Bertz CT molecular complexity index is 539. The van der Waals surface area contributed by atoms with Crippen molar-refractivity contribution in [1.82, 2.24) is 14.7 Å². The zero-order valence-corrected chi connectivity index (χ0v) is 15.9. The molecule has 4 heteroatoms. The van der Waals surface area contributed by atoms with Crippen molar-refractivity contribution in [3.05, 3.63) is 35.9 Å². The van der Waals surface area contributed by atoms with Gasteiger partial charge in [0, 0.05) is 25.7 Å². The zero-order chi connectivity index (χ0) is 17.6. The number of piperidine rings is 2. The van der Waals surface area contributed by atoms with E-state index in [1.54, 1.807) is 0 Å². The lowest BCUT2D eigenvalue weighted by Gasteiger charge is -2.42. The molecule has 2 saturated heterocycles. The molecule has 0 saturated carbocycles. The summed E-state index contributed by atoms with van der Waals surface area (Å²) in [6.45, 7) is 8.13. The largest absolute Gasteiger partial charge is 0.338 e. The average Bonchev–Trinajstić information content (AvgIpc) is 2.67. The van der Waals surface area contributed by atoms with Gasteiger partial charge in [-0.1, -0.05) is 30.3 Å². The summed E-state index contributed by atoms with van der Waals surface area (Å²) in [5.74, 6) is 0.529. The first-order valence-electron chi connectivity index (χ1n) is 9.92. The predicted molar refractivity (Wildman–Crippen MR) is 102 cm³/mol. The quantitative estimate of drug-likeness (QED) is 0.822. The zero-order valence-electron chi connectivity index (χ0n) is 15.9. The van der Waals surface area contributed by atoms with E-state index in [1.165, 1.54) is 38.0 Å². The number of benzene rings is 1. The van der Waals surface area contributed by atoms with Gasteiger partial charge in [-0.2, -0.15) is 0 Å². The molecular weight excluding hydrogens is 310 g/mol. The van der Waals surface area contributed by atoms with Crippen LogP contribution in [-0.4, -0.2) is 66.4 Å². The molecule has 1 unspecified atom stereocenters. The fraction of sp³-hybridized carbons (Fsp3) is 0.667. The molecule has 1 aromatic rings. The fourth-order valence-corrected chi connectivity index (χ4v) is 4.31. The molecule has 1 aromatic carbocycles. The Labute approximate surface area is 152 Å². The number of hydrogen-bond donors (Lipinski definition) is 0. The van der Waals surface area contributed by atoms with Crippen molar-refractivity contribution in [1.29, 1.82) is 0 Å². The van der Waals surface area contributed by atoms with Gasteiger partial charge in [0.15, 0.2) is 0 Å². The number of rotatable bonds is 5. The SMILES string of the molecule is CCN(Cc1ccccc1)C(=O)C1CCCN(C2CCN(C)CC2)C1. The molecule has 2 fully saturated rings. The van der Waals surface area contributed by atoms with Crippen molar-refractivity contribution in [3.63, 3.8) is 0 Å². The van der Waals surface area contributed by atoms with Gasteiger partial charge in [-0.15, -0.1) is 0 Å². The van der Waals surface area contributed by atoms with Crippen LogP contribution in [0.2, 0.25) is 0 Å². The van der Waals surface area contributed by atoms with Gasteiger partial charge in [0.2, 0.25) is 5.91 Å². The Morgan fingerprint density at radius 1 is 1.12 bits per heavy atom. The molecule has 3 rings (SSSR count). The Kier molecular flexibility index (Phi) is 6.49. The lowest BCUT2D eigenvalue weighted by Crippen LogP contribution is -2.50. The highest BCUT2D eigenvalue weighted by Crippen LogP contribution is 2.25. The minimum atomic E-state index is 0.178. The molecule has 0 bridgehead atoms. The monoisotopic (exact) mass is 343 g/mol. The first-order chi connectivity index (χ1) is 12.2. The molecule has 1 atom stereocenters. The Morgan fingerprint density at radius 2 is 1.84 bits per heavy atom. The standard InChI is InChI=1S/C21H33N3O/c1-3-23(16-18-8-5-4-6-9-18)21(25)19-10-7-13-24(17-19)20-11-14-22(2)15-12-20/h4-6,8-9,19-20H,3,7,10-17H2,1-2H3. The second-order valence-corrected chi connectivity index (χ2v) is 7.71. The summed E-state index contributed by atoms with van der Waals surface area (Å²) in [5, 5.41) is 0. The van der Waals surface area contributed by atoms with Crippen LogP contribution in [0.3, 0.4) is 0 Å². The van der Waals surface area contributed by atoms with Gasteiger partial charge >= 0.3 is 0 Å². The molecule has 138 valence electrons. The molecular formula is C21H33N3O. The molecule has 25 heavy (non-hydrogen) atoms. The second kappa shape index (κ2) is 8.81. The van der Waals surface area contributed by atoms with E-state index < -0.39 is 0 Å². The minimum Gasteiger partial charge on any atom is -0.338 e. The highest BCUT2D eigenvalue weighted by Gasteiger charge is 2.32. The number of hydrogen-bond acceptors (Lipinski definition) is 3. The van der Waals surface area contributed by atoms with E-state index in [4.69, 9.17) is 0 Å². The second-order valence-electron chi connectivity index (χ2n) is 7.71. The number of carbonyl (C=O) groups excluding carboxylic acids is 1. The van der Waals surface area contributed by atoms with Gasteiger partial charge < -0.3 is 9.80 Å². The van der Waals surface area contributed by atoms with Crippen molar-refractivity contribution in [2.45, 2.75) is 45.2 Å². The third-order valence-electron chi connectivity index (χ3n) is 5.92. The summed E-state index contributed by atoms with van der Waals surface area (Å²) in [6.07, 6.45) is 4.71. The van der Waals surface area contributed by atoms with Gasteiger partial charge in [-0.3, -0.25) is 9.69 Å². The van der Waals surface area contributed by atoms with Crippen LogP contribution in [0.4, 0.5) is 0 Å². The van der Waals surface area contributed by atoms with Gasteiger partial charge in [0.25, 0.3) is 0 Å². The van der Waals surface area contributed by atoms with E-state index in [0.29, 0.717) is 11.9 Å². The van der Waals surface area contributed by atoms with Crippen LogP contribution in [-0.2, 0) is 11.3 Å². The van der Waals surface area contributed by atoms with E-state index in [1.807, 2.05) is 11.0 Å².